The number of nitrogens with zero attached hydrogens (tertiary/aromatic N) is 3. The van der Waals surface area contributed by atoms with E-state index in [0.29, 0.717) is 11.3 Å². The van der Waals surface area contributed by atoms with E-state index in [1.807, 2.05) is 99.1 Å². The van der Waals surface area contributed by atoms with Crippen LogP contribution in [0.15, 0.2) is 72.9 Å². The van der Waals surface area contributed by atoms with E-state index in [-0.39, 0.29) is 5.91 Å². The van der Waals surface area contributed by atoms with Crippen molar-refractivity contribution in [2.24, 2.45) is 0 Å². The predicted octanol–water partition coefficient (Wildman–Crippen LogP) is 6.58. The van der Waals surface area contributed by atoms with Gasteiger partial charge >= 0.3 is 0 Å². The van der Waals surface area contributed by atoms with Crippen LogP contribution in [-0.2, 0) is 0 Å². The number of para-hydroxylation sites is 1. The van der Waals surface area contributed by atoms with E-state index in [4.69, 9.17) is 9.72 Å². The van der Waals surface area contributed by atoms with Crippen LogP contribution in [0.2, 0.25) is 0 Å². The average Bonchev–Trinajstić information content (AvgIpc) is 3.26. The lowest BCUT2D eigenvalue weighted by Gasteiger charge is -2.14. The van der Waals surface area contributed by atoms with Gasteiger partial charge in [-0.2, -0.15) is 5.10 Å². The molecule has 6 heteroatoms. The highest BCUT2D eigenvalue weighted by Gasteiger charge is 2.19. The van der Waals surface area contributed by atoms with E-state index in [9.17, 15) is 4.79 Å². The maximum Gasteiger partial charge on any atom is 0.256 e. The standard InChI is InChI=1S/C30H28N4O2/c1-18-9-14-27-24(15-18)25(30(35)33-29-19(2)7-6-8-20(29)3)16-28(32-27)26-17-31-34(21(26)4)22-10-12-23(36-5)13-11-22/h6-17H,1-5H3,(H,33,35). The molecule has 36 heavy (non-hydrogen) atoms. The van der Waals surface area contributed by atoms with Crippen LogP contribution in [0.25, 0.3) is 27.8 Å². The Labute approximate surface area is 210 Å². The lowest BCUT2D eigenvalue weighted by molar-refractivity contribution is 0.102. The van der Waals surface area contributed by atoms with Gasteiger partial charge in [-0.15, -0.1) is 0 Å². The second kappa shape index (κ2) is 9.30. The van der Waals surface area contributed by atoms with Gasteiger partial charge in [0, 0.05) is 16.6 Å². The summed E-state index contributed by atoms with van der Waals surface area (Å²) in [5, 5.41) is 8.58. The number of methoxy groups -OCH3 is 1. The van der Waals surface area contributed by atoms with Gasteiger partial charge in [-0.25, -0.2) is 9.67 Å². The molecular formula is C30H28N4O2. The molecule has 0 aliphatic rings. The summed E-state index contributed by atoms with van der Waals surface area (Å²) < 4.78 is 7.14. The minimum atomic E-state index is -0.160. The van der Waals surface area contributed by atoms with Crippen LogP contribution in [0, 0.1) is 27.7 Å². The summed E-state index contributed by atoms with van der Waals surface area (Å²) in [6.45, 7) is 8.02. The smallest absolute Gasteiger partial charge is 0.256 e. The Hall–Kier alpha value is -4.45. The Bertz CT molecular complexity index is 1580. The highest BCUT2D eigenvalue weighted by molar-refractivity contribution is 6.13. The van der Waals surface area contributed by atoms with Crippen molar-refractivity contribution in [3.05, 3.63) is 101 Å². The molecule has 5 rings (SSSR count). The number of aromatic nitrogens is 3. The van der Waals surface area contributed by atoms with E-state index >= 15 is 0 Å². The van der Waals surface area contributed by atoms with Gasteiger partial charge in [0.25, 0.3) is 5.91 Å². The number of ether oxygens (including phenoxy) is 1. The first kappa shape index (κ1) is 23.3. The van der Waals surface area contributed by atoms with Crippen LogP contribution in [0.3, 0.4) is 0 Å². The van der Waals surface area contributed by atoms with Crippen molar-refractivity contribution in [3.63, 3.8) is 0 Å². The first-order valence-electron chi connectivity index (χ1n) is 11.8. The lowest BCUT2D eigenvalue weighted by atomic mass is 10.0. The van der Waals surface area contributed by atoms with Gasteiger partial charge in [-0.3, -0.25) is 4.79 Å². The number of hydrogen-bond acceptors (Lipinski definition) is 4. The zero-order valence-electron chi connectivity index (χ0n) is 21.1. The molecule has 1 N–H and O–H groups in total. The van der Waals surface area contributed by atoms with Gasteiger partial charge in [0.05, 0.1) is 41.5 Å². The van der Waals surface area contributed by atoms with E-state index in [1.54, 1.807) is 13.3 Å². The van der Waals surface area contributed by atoms with E-state index in [1.165, 1.54) is 0 Å². The molecule has 0 spiro atoms. The number of carbonyl (C=O) groups is 1. The Morgan fingerprint density at radius 3 is 2.33 bits per heavy atom. The maximum atomic E-state index is 13.6. The number of hydrogen-bond donors (Lipinski definition) is 1. The summed E-state index contributed by atoms with van der Waals surface area (Å²) in [5.74, 6) is 0.627. The molecule has 180 valence electrons. The highest BCUT2D eigenvalue weighted by Crippen LogP contribution is 2.30. The fourth-order valence-corrected chi connectivity index (χ4v) is 4.50. The molecular weight excluding hydrogens is 448 g/mol. The summed E-state index contributed by atoms with van der Waals surface area (Å²) in [4.78, 5) is 18.5. The quantitative estimate of drug-likeness (QED) is 0.311. The number of anilines is 1. The molecule has 2 aromatic heterocycles. The Balaban J connectivity index is 1.61. The zero-order chi connectivity index (χ0) is 25.4. The fraction of sp³-hybridized carbons (Fsp3) is 0.167. The first-order valence-corrected chi connectivity index (χ1v) is 11.8. The van der Waals surface area contributed by atoms with Gasteiger partial charge in [0.1, 0.15) is 5.75 Å². The zero-order valence-corrected chi connectivity index (χ0v) is 21.1. The minimum Gasteiger partial charge on any atom is -0.497 e. The molecule has 0 fully saturated rings. The number of nitrogens with one attached hydrogen (secondary N) is 1. The molecule has 0 aliphatic heterocycles. The second-order valence-corrected chi connectivity index (χ2v) is 9.05. The summed E-state index contributed by atoms with van der Waals surface area (Å²) in [6.07, 6.45) is 1.80. The van der Waals surface area contributed by atoms with Crippen LogP contribution in [0.5, 0.6) is 5.75 Å². The number of fused-ring (bicyclic) bond motifs is 1. The highest BCUT2D eigenvalue weighted by atomic mass is 16.5. The van der Waals surface area contributed by atoms with Crippen LogP contribution >= 0.6 is 0 Å². The Morgan fingerprint density at radius 2 is 1.64 bits per heavy atom. The van der Waals surface area contributed by atoms with Crippen molar-refractivity contribution >= 4 is 22.5 Å². The molecule has 0 saturated heterocycles. The molecule has 0 bridgehead atoms. The summed E-state index contributed by atoms with van der Waals surface area (Å²) >= 11 is 0. The fourth-order valence-electron chi connectivity index (χ4n) is 4.50. The number of aryl methyl sites for hydroxylation is 3. The Morgan fingerprint density at radius 1 is 0.917 bits per heavy atom. The van der Waals surface area contributed by atoms with Crippen molar-refractivity contribution in [1.82, 2.24) is 14.8 Å². The molecule has 0 aliphatic carbocycles. The van der Waals surface area contributed by atoms with E-state index < -0.39 is 0 Å². The van der Waals surface area contributed by atoms with Crippen molar-refractivity contribution < 1.29 is 9.53 Å². The molecule has 0 unspecified atom stereocenters. The number of rotatable bonds is 5. The van der Waals surface area contributed by atoms with Crippen LogP contribution in [-0.4, -0.2) is 27.8 Å². The van der Waals surface area contributed by atoms with Crippen LogP contribution in [0.4, 0.5) is 5.69 Å². The molecule has 2 heterocycles. The van der Waals surface area contributed by atoms with Crippen molar-refractivity contribution in [2.75, 3.05) is 12.4 Å². The van der Waals surface area contributed by atoms with Gasteiger partial charge < -0.3 is 10.1 Å². The predicted molar refractivity (Wildman–Crippen MR) is 144 cm³/mol. The Kier molecular flexibility index (Phi) is 6.02. The SMILES string of the molecule is COc1ccc(-n2ncc(-c3cc(C(=O)Nc4c(C)cccc4C)c4cc(C)ccc4n3)c2C)cc1. The van der Waals surface area contributed by atoms with Gasteiger partial charge in [0.15, 0.2) is 0 Å². The largest absolute Gasteiger partial charge is 0.497 e. The lowest BCUT2D eigenvalue weighted by Crippen LogP contribution is -2.15. The molecule has 0 saturated carbocycles. The number of benzene rings is 3. The van der Waals surface area contributed by atoms with Crippen molar-refractivity contribution in [3.8, 4) is 22.7 Å². The molecule has 0 atom stereocenters. The van der Waals surface area contributed by atoms with Crippen LogP contribution < -0.4 is 10.1 Å². The van der Waals surface area contributed by atoms with E-state index in [0.717, 1.165) is 56.0 Å². The number of carbonyl (C=O) groups excluding carboxylic acids is 1. The third-order valence-corrected chi connectivity index (χ3v) is 6.53. The molecule has 3 aromatic carbocycles. The summed E-state index contributed by atoms with van der Waals surface area (Å²) in [7, 11) is 1.65. The maximum absolute atomic E-state index is 13.6. The third-order valence-electron chi connectivity index (χ3n) is 6.53. The minimum absolute atomic E-state index is 0.160. The number of amides is 1. The third kappa shape index (κ3) is 4.22. The molecule has 0 radical (unpaired) electrons. The van der Waals surface area contributed by atoms with Gasteiger partial charge in [0.2, 0.25) is 0 Å². The number of pyridine rings is 1. The normalized spacial score (nSPS) is 11.0. The molecule has 1 amide bonds. The summed E-state index contributed by atoms with van der Waals surface area (Å²) in [5.41, 5.74) is 8.73. The topological polar surface area (TPSA) is 69.0 Å². The summed E-state index contributed by atoms with van der Waals surface area (Å²) in [6, 6.07) is 21.6. The van der Waals surface area contributed by atoms with Crippen molar-refractivity contribution in [1.29, 1.82) is 0 Å². The average molecular weight is 477 g/mol. The second-order valence-electron chi connectivity index (χ2n) is 9.05. The molecule has 5 aromatic rings. The van der Waals surface area contributed by atoms with Gasteiger partial charge in [-0.1, -0.05) is 29.8 Å². The molecule has 6 nitrogen and oxygen atoms in total. The van der Waals surface area contributed by atoms with E-state index in [2.05, 4.69) is 10.4 Å². The first-order chi connectivity index (χ1) is 17.4. The van der Waals surface area contributed by atoms with Crippen molar-refractivity contribution in [2.45, 2.75) is 27.7 Å². The van der Waals surface area contributed by atoms with Gasteiger partial charge in [-0.05, 0) is 81.3 Å². The monoisotopic (exact) mass is 476 g/mol. The van der Waals surface area contributed by atoms with Crippen LogP contribution in [0.1, 0.15) is 32.7 Å².